The molecule has 2 aromatic carbocycles. The Balaban J connectivity index is 1.23. The van der Waals surface area contributed by atoms with Crippen LogP contribution in [0.2, 0.25) is 0 Å². The van der Waals surface area contributed by atoms with Gasteiger partial charge >= 0.3 is 0 Å². The van der Waals surface area contributed by atoms with Crippen molar-refractivity contribution in [2.24, 2.45) is 0 Å². The Bertz CT molecular complexity index is 1600. The van der Waals surface area contributed by atoms with Crippen LogP contribution in [0.15, 0.2) is 59.8 Å². The van der Waals surface area contributed by atoms with Gasteiger partial charge < -0.3 is 14.8 Å². The van der Waals surface area contributed by atoms with E-state index in [9.17, 15) is 8.42 Å². The highest BCUT2D eigenvalue weighted by Gasteiger charge is 2.27. The zero-order valence-corrected chi connectivity index (χ0v) is 24.8. The first-order valence-electron chi connectivity index (χ1n) is 14.2. The number of anilines is 1. The molecule has 0 radical (unpaired) electrons. The molecule has 0 aliphatic carbocycles. The fraction of sp³-hybridized carbons (Fsp3) is 0.406. The van der Waals surface area contributed by atoms with E-state index in [4.69, 9.17) is 4.98 Å². The molecule has 210 valence electrons. The lowest BCUT2D eigenvalue weighted by Crippen LogP contribution is -2.53. The molecule has 2 aliphatic rings. The fourth-order valence-corrected chi connectivity index (χ4v) is 7.20. The van der Waals surface area contributed by atoms with Crippen LogP contribution >= 0.6 is 0 Å². The summed E-state index contributed by atoms with van der Waals surface area (Å²) >= 11 is 0. The average Bonchev–Trinajstić information content (AvgIpc) is 3.36. The van der Waals surface area contributed by atoms with Crippen molar-refractivity contribution in [1.29, 1.82) is 0 Å². The monoisotopic (exact) mass is 557 g/mol. The van der Waals surface area contributed by atoms with Crippen LogP contribution in [-0.2, 0) is 9.84 Å². The number of aromatic amines is 1. The third-order valence-corrected chi connectivity index (χ3v) is 9.91. The number of piperazine rings is 1. The molecule has 7 nitrogen and oxygen atoms in total. The van der Waals surface area contributed by atoms with Crippen molar-refractivity contribution in [3.8, 4) is 22.3 Å². The molecule has 2 fully saturated rings. The van der Waals surface area contributed by atoms with Gasteiger partial charge in [-0.3, -0.25) is 4.90 Å². The Morgan fingerprint density at radius 2 is 1.50 bits per heavy atom. The second-order valence-electron chi connectivity index (χ2n) is 11.6. The molecular formula is C32H39N5O2S. The molecule has 2 aliphatic heterocycles. The zero-order chi connectivity index (χ0) is 28.0. The van der Waals surface area contributed by atoms with E-state index < -0.39 is 9.84 Å². The minimum Gasteiger partial charge on any atom is -0.369 e. The molecule has 0 atom stereocenters. The van der Waals surface area contributed by atoms with Crippen LogP contribution in [0.4, 0.5) is 5.69 Å². The molecule has 0 unspecified atom stereocenters. The second kappa shape index (κ2) is 10.7. The predicted octanol–water partition coefficient (Wildman–Crippen LogP) is 5.13. The quantitative estimate of drug-likeness (QED) is 0.367. The van der Waals surface area contributed by atoms with E-state index in [1.54, 1.807) is 12.1 Å². The van der Waals surface area contributed by atoms with Crippen LogP contribution in [0.25, 0.3) is 33.3 Å². The maximum absolute atomic E-state index is 11.9. The van der Waals surface area contributed by atoms with Gasteiger partial charge in [0, 0.05) is 73.1 Å². The van der Waals surface area contributed by atoms with Gasteiger partial charge in [0.2, 0.25) is 0 Å². The minimum absolute atomic E-state index is 0.323. The van der Waals surface area contributed by atoms with Gasteiger partial charge in [-0.05, 0) is 99.4 Å². The van der Waals surface area contributed by atoms with Gasteiger partial charge in [0.15, 0.2) is 9.84 Å². The van der Waals surface area contributed by atoms with Crippen molar-refractivity contribution >= 4 is 26.6 Å². The second-order valence-corrected chi connectivity index (χ2v) is 13.7. The average molecular weight is 558 g/mol. The number of benzene rings is 2. The number of aryl methyl sites for hydroxylation is 2. The van der Waals surface area contributed by atoms with Gasteiger partial charge in [-0.25, -0.2) is 13.4 Å². The molecule has 0 spiro atoms. The van der Waals surface area contributed by atoms with Crippen LogP contribution < -0.4 is 4.90 Å². The van der Waals surface area contributed by atoms with Gasteiger partial charge in [0.1, 0.15) is 5.65 Å². The van der Waals surface area contributed by atoms with Gasteiger partial charge in [-0.2, -0.15) is 0 Å². The number of nitrogens with one attached hydrogen (secondary N) is 1. The summed E-state index contributed by atoms with van der Waals surface area (Å²) in [7, 11) is -0.999. The minimum atomic E-state index is -3.23. The number of aromatic nitrogens is 2. The molecular weight excluding hydrogens is 518 g/mol. The SMILES string of the molecule is Cc1cc(-c2cnc3[nH]cc(-c4ccc(S(C)(=O)=O)cc4)c3c2)cc(C)c1N1CCN(C2CCN(C)CC2)CC1. The van der Waals surface area contributed by atoms with Crippen LogP contribution in [0.5, 0.6) is 0 Å². The van der Waals surface area contributed by atoms with Crippen molar-refractivity contribution in [1.82, 2.24) is 19.8 Å². The largest absolute Gasteiger partial charge is 0.369 e. The molecule has 8 heteroatoms. The molecule has 40 heavy (non-hydrogen) atoms. The van der Waals surface area contributed by atoms with Gasteiger partial charge in [0.05, 0.1) is 4.90 Å². The van der Waals surface area contributed by atoms with Crippen LogP contribution in [0.3, 0.4) is 0 Å². The maximum atomic E-state index is 11.9. The fourth-order valence-electron chi connectivity index (χ4n) is 6.57. The third kappa shape index (κ3) is 5.28. The Kier molecular flexibility index (Phi) is 7.19. The summed E-state index contributed by atoms with van der Waals surface area (Å²) in [5.74, 6) is 0. The number of sulfone groups is 1. The molecule has 6 rings (SSSR count). The molecule has 4 aromatic rings. The molecule has 0 bridgehead atoms. The summed E-state index contributed by atoms with van der Waals surface area (Å²) in [4.78, 5) is 16.1. The highest BCUT2D eigenvalue weighted by molar-refractivity contribution is 7.90. The van der Waals surface area contributed by atoms with Crippen molar-refractivity contribution in [3.05, 3.63) is 66.0 Å². The Hall–Kier alpha value is -3.20. The normalized spacial score (nSPS) is 18.1. The first-order chi connectivity index (χ1) is 19.2. The number of fused-ring (bicyclic) bond motifs is 1. The number of likely N-dealkylation sites (tertiary alicyclic amines) is 1. The lowest BCUT2D eigenvalue weighted by molar-refractivity contribution is 0.115. The summed E-state index contributed by atoms with van der Waals surface area (Å²) in [5, 5.41) is 1.02. The number of hydrogen-bond donors (Lipinski definition) is 1. The van der Waals surface area contributed by atoms with Crippen molar-refractivity contribution in [2.45, 2.75) is 37.6 Å². The lowest BCUT2D eigenvalue weighted by Gasteiger charge is -2.43. The van der Waals surface area contributed by atoms with E-state index in [1.807, 2.05) is 24.5 Å². The molecule has 0 amide bonds. The first kappa shape index (κ1) is 27.0. The third-order valence-electron chi connectivity index (χ3n) is 8.78. The Morgan fingerprint density at radius 1 is 0.850 bits per heavy atom. The van der Waals surface area contributed by atoms with E-state index in [1.165, 1.54) is 49.0 Å². The zero-order valence-electron chi connectivity index (χ0n) is 23.9. The van der Waals surface area contributed by atoms with E-state index in [-0.39, 0.29) is 0 Å². The van der Waals surface area contributed by atoms with E-state index in [2.05, 4.69) is 58.8 Å². The van der Waals surface area contributed by atoms with Gasteiger partial charge in [-0.1, -0.05) is 12.1 Å². The van der Waals surface area contributed by atoms with E-state index in [0.29, 0.717) is 4.90 Å². The molecule has 1 N–H and O–H groups in total. The highest BCUT2D eigenvalue weighted by atomic mass is 32.2. The van der Waals surface area contributed by atoms with Crippen LogP contribution in [0, 0.1) is 13.8 Å². The Labute approximate surface area is 237 Å². The summed E-state index contributed by atoms with van der Waals surface area (Å²) in [6.45, 7) is 11.3. The molecule has 2 saturated heterocycles. The predicted molar refractivity (Wildman–Crippen MR) is 164 cm³/mol. The number of nitrogens with zero attached hydrogens (tertiary/aromatic N) is 4. The van der Waals surface area contributed by atoms with Crippen LogP contribution in [0.1, 0.15) is 24.0 Å². The maximum Gasteiger partial charge on any atom is 0.175 e. The first-order valence-corrected chi connectivity index (χ1v) is 16.1. The van der Waals surface area contributed by atoms with Gasteiger partial charge in [-0.15, -0.1) is 0 Å². The summed E-state index contributed by atoms with van der Waals surface area (Å²) in [6, 6.07) is 14.6. The van der Waals surface area contributed by atoms with Gasteiger partial charge in [0.25, 0.3) is 0 Å². The summed E-state index contributed by atoms with van der Waals surface area (Å²) in [5.41, 5.74) is 9.00. The van der Waals surface area contributed by atoms with Crippen LogP contribution in [-0.4, -0.2) is 86.8 Å². The molecule has 0 saturated carbocycles. The molecule has 2 aromatic heterocycles. The number of pyridine rings is 1. The van der Waals surface area contributed by atoms with E-state index in [0.717, 1.165) is 65.5 Å². The number of rotatable bonds is 5. The standard InChI is InChI=1S/C32H39N5O2S/c1-22-17-25(18-23(2)31(22)37-15-13-36(14-16-37)27-9-11-35(3)12-10-27)26-19-29-30(21-34-32(29)33-20-26)24-5-7-28(8-6-24)40(4,38)39/h5-8,17-21,27H,9-16H2,1-4H3,(H,33,34). The number of piperidine rings is 1. The van der Waals surface area contributed by atoms with Crippen molar-refractivity contribution in [3.63, 3.8) is 0 Å². The van der Waals surface area contributed by atoms with E-state index >= 15 is 0 Å². The summed E-state index contributed by atoms with van der Waals surface area (Å²) < 4.78 is 23.8. The summed E-state index contributed by atoms with van der Waals surface area (Å²) in [6.07, 6.45) is 7.69. The number of H-pyrrole nitrogens is 1. The lowest BCUT2D eigenvalue weighted by atomic mass is 9.97. The topological polar surface area (TPSA) is 72.5 Å². The van der Waals surface area contributed by atoms with Crippen molar-refractivity contribution < 1.29 is 8.42 Å². The smallest absolute Gasteiger partial charge is 0.175 e. The Morgan fingerprint density at radius 3 is 2.12 bits per heavy atom. The highest BCUT2D eigenvalue weighted by Crippen LogP contribution is 2.35. The van der Waals surface area contributed by atoms with Crippen molar-refractivity contribution in [2.75, 3.05) is 57.5 Å². The molecule has 4 heterocycles. The number of hydrogen-bond acceptors (Lipinski definition) is 6.